The van der Waals surface area contributed by atoms with Crippen LogP contribution < -0.4 is 11.2 Å². The Balaban J connectivity index is 2.74. The first-order valence-corrected chi connectivity index (χ1v) is 6.30. The van der Waals surface area contributed by atoms with Crippen molar-refractivity contribution in [3.63, 3.8) is 0 Å². The van der Waals surface area contributed by atoms with Crippen molar-refractivity contribution in [2.24, 2.45) is 5.84 Å². The molecule has 1 aromatic carbocycles. The van der Waals surface area contributed by atoms with E-state index in [1.807, 2.05) is 56.3 Å². The molecule has 108 valence electrons. The highest BCUT2D eigenvalue weighted by Gasteiger charge is 2.03. The van der Waals surface area contributed by atoms with Crippen LogP contribution in [0.4, 0.5) is 5.69 Å². The maximum Gasteiger partial charge on any atom is 0.142 e. The highest BCUT2D eigenvalue weighted by molar-refractivity contribution is 5.96. The molecule has 0 aliphatic carbocycles. The third-order valence-corrected chi connectivity index (χ3v) is 2.90. The van der Waals surface area contributed by atoms with Gasteiger partial charge in [0.2, 0.25) is 0 Å². The van der Waals surface area contributed by atoms with Crippen LogP contribution in [0.15, 0.2) is 48.3 Å². The van der Waals surface area contributed by atoms with Crippen molar-refractivity contribution in [2.45, 2.75) is 6.92 Å². The van der Waals surface area contributed by atoms with Gasteiger partial charge in [-0.25, -0.2) is 5.84 Å². The van der Waals surface area contributed by atoms with Gasteiger partial charge in [0.15, 0.2) is 0 Å². The number of allylic oxidation sites excluding steroid dienone is 2. The van der Waals surface area contributed by atoms with Gasteiger partial charge in [-0.05, 0) is 37.3 Å². The molecule has 5 heteroatoms. The first kappa shape index (κ1) is 15.8. The topological polar surface area (TPSA) is 68.4 Å². The van der Waals surface area contributed by atoms with Crippen molar-refractivity contribution in [2.75, 3.05) is 26.5 Å². The number of hydrogen-bond acceptors (Lipinski definition) is 4. The van der Waals surface area contributed by atoms with Crippen LogP contribution >= 0.6 is 0 Å². The van der Waals surface area contributed by atoms with Gasteiger partial charge in [-0.2, -0.15) is 0 Å². The van der Waals surface area contributed by atoms with Gasteiger partial charge in [-0.15, -0.1) is 0 Å². The molecule has 0 atom stereocenters. The van der Waals surface area contributed by atoms with E-state index >= 15 is 0 Å². The molecule has 0 heterocycles. The molecule has 0 aliphatic heterocycles. The second kappa shape index (κ2) is 6.77. The Morgan fingerprint density at radius 3 is 2.25 bits per heavy atom. The fourth-order valence-corrected chi connectivity index (χ4v) is 1.52. The van der Waals surface area contributed by atoms with Crippen molar-refractivity contribution >= 4 is 11.5 Å². The standard InChI is InChI=1S/C15H23N5/c1-11(10-12(2)19(3)4)18-14-8-6-13(7-9-14)15(16)20(5)17/h6-10,16,18H,1,17H2,2-5H3/b12-10+,16-15?. The molecule has 0 bridgehead atoms. The normalized spacial score (nSPS) is 10.9. The number of hydrazine groups is 1. The maximum absolute atomic E-state index is 7.78. The molecule has 5 nitrogen and oxygen atoms in total. The minimum absolute atomic E-state index is 0.277. The summed E-state index contributed by atoms with van der Waals surface area (Å²) in [7, 11) is 5.62. The van der Waals surface area contributed by atoms with E-state index < -0.39 is 0 Å². The molecule has 1 rings (SSSR count). The molecular weight excluding hydrogens is 250 g/mol. The van der Waals surface area contributed by atoms with E-state index in [2.05, 4.69) is 11.9 Å². The Kier molecular flexibility index (Phi) is 5.34. The van der Waals surface area contributed by atoms with Crippen LogP contribution in [0, 0.1) is 5.41 Å². The number of benzene rings is 1. The Morgan fingerprint density at radius 2 is 1.80 bits per heavy atom. The van der Waals surface area contributed by atoms with Crippen LogP contribution in [-0.4, -0.2) is 36.9 Å². The number of nitrogens with two attached hydrogens (primary N) is 1. The van der Waals surface area contributed by atoms with Crippen molar-refractivity contribution in [1.29, 1.82) is 5.41 Å². The lowest BCUT2D eigenvalue weighted by atomic mass is 10.2. The number of amidine groups is 1. The number of anilines is 1. The molecule has 20 heavy (non-hydrogen) atoms. The molecule has 0 saturated heterocycles. The molecule has 0 saturated carbocycles. The summed E-state index contributed by atoms with van der Waals surface area (Å²) in [5.41, 5.74) is 3.63. The lowest BCUT2D eigenvalue weighted by Gasteiger charge is -2.15. The number of nitrogens with one attached hydrogen (secondary N) is 2. The molecule has 0 fully saturated rings. The van der Waals surface area contributed by atoms with E-state index in [0.29, 0.717) is 0 Å². The first-order valence-electron chi connectivity index (χ1n) is 6.30. The van der Waals surface area contributed by atoms with E-state index in [4.69, 9.17) is 11.3 Å². The van der Waals surface area contributed by atoms with Crippen LogP contribution in [0.2, 0.25) is 0 Å². The smallest absolute Gasteiger partial charge is 0.142 e. The van der Waals surface area contributed by atoms with E-state index in [-0.39, 0.29) is 5.84 Å². The van der Waals surface area contributed by atoms with Crippen molar-refractivity contribution in [1.82, 2.24) is 9.91 Å². The predicted octanol–water partition coefficient (Wildman–Crippen LogP) is 2.21. The molecular formula is C15H23N5. The Hall–Kier alpha value is -2.27. The van der Waals surface area contributed by atoms with Gasteiger partial charge in [0.05, 0.1) is 0 Å². The van der Waals surface area contributed by atoms with Crippen LogP contribution in [-0.2, 0) is 0 Å². The van der Waals surface area contributed by atoms with Crippen LogP contribution in [0.5, 0.6) is 0 Å². The van der Waals surface area contributed by atoms with Gasteiger partial charge in [-0.3, -0.25) is 10.4 Å². The van der Waals surface area contributed by atoms with Gasteiger partial charge in [0, 0.05) is 43.8 Å². The minimum atomic E-state index is 0.277. The largest absolute Gasteiger partial charge is 0.381 e. The highest BCUT2D eigenvalue weighted by Crippen LogP contribution is 2.13. The monoisotopic (exact) mass is 273 g/mol. The quantitative estimate of drug-likeness (QED) is 0.253. The molecule has 0 aromatic heterocycles. The van der Waals surface area contributed by atoms with Crippen LogP contribution in [0.3, 0.4) is 0 Å². The average Bonchev–Trinajstić information content (AvgIpc) is 2.38. The van der Waals surface area contributed by atoms with Gasteiger partial charge in [0.25, 0.3) is 0 Å². The molecule has 0 spiro atoms. The summed E-state index contributed by atoms with van der Waals surface area (Å²) in [5.74, 6) is 5.81. The predicted molar refractivity (Wildman–Crippen MR) is 85.4 cm³/mol. The van der Waals surface area contributed by atoms with E-state index in [0.717, 1.165) is 22.6 Å². The summed E-state index contributed by atoms with van der Waals surface area (Å²) >= 11 is 0. The average molecular weight is 273 g/mol. The summed E-state index contributed by atoms with van der Waals surface area (Å²) in [6, 6.07) is 7.50. The SMILES string of the molecule is C=C(/C=C(\C)N(C)C)Nc1ccc(C(=N)N(C)N)cc1. The van der Waals surface area contributed by atoms with Gasteiger partial charge < -0.3 is 10.2 Å². The zero-order valence-electron chi connectivity index (χ0n) is 12.6. The third kappa shape index (κ3) is 4.44. The van der Waals surface area contributed by atoms with Crippen LogP contribution in [0.1, 0.15) is 12.5 Å². The summed E-state index contributed by atoms with van der Waals surface area (Å²) in [5, 5.41) is 12.3. The van der Waals surface area contributed by atoms with E-state index in [1.165, 1.54) is 5.01 Å². The summed E-state index contributed by atoms with van der Waals surface area (Å²) in [6.45, 7) is 6.00. The van der Waals surface area contributed by atoms with Crippen molar-refractivity contribution in [3.8, 4) is 0 Å². The Labute approximate surface area is 120 Å². The fourth-order valence-electron chi connectivity index (χ4n) is 1.52. The lowest BCUT2D eigenvalue weighted by Crippen LogP contribution is -2.33. The summed E-state index contributed by atoms with van der Waals surface area (Å²) in [6.07, 6.45) is 1.98. The lowest BCUT2D eigenvalue weighted by molar-refractivity contribution is 0.513. The minimum Gasteiger partial charge on any atom is -0.381 e. The van der Waals surface area contributed by atoms with Gasteiger partial charge in [-0.1, -0.05) is 6.58 Å². The molecule has 4 N–H and O–H groups in total. The Morgan fingerprint density at radius 1 is 1.25 bits per heavy atom. The van der Waals surface area contributed by atoms with Crippen molar-refractivity contribution in [3.05, 3.63) is 53.9 Å². The number of nitrogens with zero attached hydrogens (tertiary/aromatic N) is 2. The second-order valence-corrected chi connectivity index (χ2v) is 4.87. The molecule has 0 unspecified atom stereocenters. The zero-order chi connectivity index (χ0) is 15.3. The summed E-state index contributed by atoms with van der Waals surface area (Å²) in [4.78, 5) is 2.02. The van der Waals surface area contributed by atoms with E-state index in [1.54, 1.807) is 7.05 Å². The summed E-state index contributed by atoms with van der Waals surface area (Å²) < 4.78 is 0. The highest BCUT2D eigenvalue weighted by atomic mass is 15.4. The van der Waals surface area contributed by atoms with Crippen molar-refractivity contribution < 1.29 is 0 Å². The number of hydrogen-bond donors (Lipinski definition) is 3. The number of rotatable bonds is 5. The fraction of sp³-hybridized carbons (Fsp3) is 0.267. The van der Waals surface area contributed by atoms with Gasteiger partial charge in [0.1, 0.15) is 5.84 Å². The third-order valence-electron chi connectivity index (χ3n) is 2.90. The van der Waals surface area contributed by atoms with Crippen LogP contribution in [0.25, 0.3) is 0 Å². The van der Waals surface area contributed by atoms with E-state index in [9.17, 15) is 0 Å². The maximum atomic E-state index is 7.78. The second-order valence-electron chi connectivity index (χ2n) is 4.87. The molecule has 0 radical (unpaired) electrons. The molecule has 1 aromatic rings. The first-order chi connectivity index (χ1) is 9.31. The molecule has 0 aliphatic rings. The van der Waals surface area contributed by atoms with Gasteiger partial charge >= 0.3 is 0 Å². The Bertz CT molecular complexity index is 512. The molecule has 0 amide bonds. The zero-order valence-corrected chi connectivity index (χ0v) is 12.6.